The number of nitrogens with one attached hydrogen (secondary N) is 1. The van der Waals surface area contributed by atoms with Crippen LogP contribution in [0.4, 0.5) is 5.69 Å². The predicted molar refractivity (Wildman–Crippen MR) is 113 cm³/mol. The number of methoxy groups -OCH3 is 2. The van der Waals surface area contributed by atoms with Gasteiger partial charge in [-0.25, -0.2) is 0 Å². The van der Waals surface area contributed by atoms with Crippen molar-refractivity contribution in [3.63, 3.8) is 0 Å². The van der Waals surface area contributed by atoms with Gasteiger partial charge in [-0.15, -0.1) is 0 Å². The first-order chi connectivity index (χ1) is 13.9. The molecule has 0 aromatic heterocycles. The fourth-order valence-corrected chi connectivity index (χ4v) is 3.55. The van der Waals surface area contributed by atoms with Gasteiger partial charge in [0.25, 0.3) is 5.91 Å². The number of aryl methyl sites for hydroxylation is 1. The second kappa shape index (κ2) is 9.18. The van der Waals surface area contributed by atoms with Crippen molar-refractivity contribution in [2.45, 2.75) is 19.8 Å². The van der Waals surface area contributed by atoms with Crippen LogP contribution >= 0.6 is 11.6 Å². The minimum atomic E-state index is -0.140. The van der Waals surface area contributed by atoms with Crippen LogP contribution in [0.25, 0.3) is 0 Å². The minimum Gasteiger partial charge on any atom is -0.497 e. The van der Waals surface area contributed by atoms with Crippen LogP contribution in [-0.2, 0) is 4.79 Å². The van der Waals surface area contributed by atoms with Crippen LogP contribution in [0, 0.1) is 12.8 Å². The van der Waals surface area contributed by atoms with E-state index in [-0.39, 0.29) is 17.7 Å². The summed E-state index contributed by atoms with van der Waals surface area (Å²) < 4.78 is 10.5. The zero-order valence-corrected chi connectivity index (χ0v) is 17.6. The molecule has 1 heterocycles. The van der Waals surface area contributed by atoms with E-state index in [0.29, 0.717) is 53.7 Å². The first-order valence-electron chi connectivity index (χ1n) is 9.50. The highest BCUT2D eigenvalue weighted by atomic mass is 35.5. The summed E-state index contributed by atoms with van der Waals surface area (Å²) in [6.07, 6.45) is 1.22. The minimum absolute atomic E-state index is 0.0416. The molecule has 2 aromatic carbocycles. The Hall–Kier alpha value is -2.73. The molecule has 1 saturated heterocycles. The van der Waals surface area contributed by atoms with Gasteiger partial charge in [0.2, 0.25) is 5.91 Å². The Balaban J connectivity index is 1.60. The van der Waals surface area contributed by atoms with Gasteiger partial charge in [0.1, 0.15) is 11.5 Å². The lowest BCUT2D eigenvalue weighted by Crippen LogP contribution is -2.41. The molecule has 0 saturated carbocycles. The van der Waals surface area contributed by atoms with Gasteiger partial charge in [-0.1, -0.05) is 17.7 Å². The molecule has 0 bridgehead atoms. The van der Waals surface area contributed by atoms with Gasteiger partial charge in [-0.3, -0.25) is 9.59 Å². The summed E-state index contributed by atoms with van der Waals surface area (Å²) >= 11 is 6.13. The fraction of sp³-hybridized carbons (Fsp3) is 0.364. The Morgan fingerprint density at radius 2 is 1.66 bits per heavy atom. The van der Waals surface area contributed by atoms with Crippen molar-refractivity contribution in [2.24, 2.45) is 5.92 Å². The molecule has 1 N–H and O–H groups in total. The number of halogens is 1. The van der Waals surface area contributed by atoms with Crippen molar-refractivity contribution in [1.29, 1.82) is 0 Å². The van der Waals surface area contributed by atoms with Crippen molar-refractivity contribution in [1.82, 2.24) is 4.90 Å². The van der Waals surface area contributed by atoms with E-state index in [0.717, 1.165) is 5.56 Å². The second-order valence-electron chi connectivity index (χ2n) is 7.12. The standard InChI is InChI=1S/C22H25ClN2O4/c1-14-4-5-17(12-20(14)23)24-21(26)15-6-8-25(9-7-15)22(27)16-10-18(28-2)13-19(11-16)29-3/h4-5,10-13,15H,6-9H2,1-3H3,(H,24,26). The summed E-state index contributed by atoms with van der Waals surface area (Å²) in [6, 6.07) is 10.6. The number of carbonyl (C=O) groups is 2. The smallest absolute Gasteiger partial charge is 0.254 e. The highest BCUT2D eigenvalue weighted by Crippen LogP contribution is 2.26. The van der Waals surface area contributed by atoms with Crippen LogP contribution in [-0.4, -0.2) is 44.0 Å². The molecule has 0 atom stereocenters. The van der Waals surface area contributed by atoms with Crippen molar-refractivity contribution in [2.75, 3.05) is 32.6 Å². The van der Waals surface area contributed by atoms with E-state index < -0.39 is 0 Å². The van der Waals surface area contributed by atoms with Crippen LogP contribution in [0.5, 0.6) is 11.5 Å². The molecule has 29 heavy (non-hydrogen) atoms. The topological polar surface area (TPSA) is 67.9 Å². The van der Waals surface area contributed by atoms with E-state index in [4.69, 9.17) is 21.1 Å². The van der Waals surface area contributed by atoms with Crippen LogP contribution in [0.15, 0.2) is 36.4 Å². The second-order valence-corrected chi connectivity index (χ2v) is 7.53. The SMILES string of the molecule is COc1cc(OC)cc(C(=O)N2CCC(C(=O)Nc3ccc(C)c(Cl)c3)CC2)c1. The fourth-order valence-electron chi connectivity index (χ4n) is 3.37. The van der Waals surface area contributed by atoms with E-state index in [1.807, 2.05) is 19.1 Å². The number of nitrogens with zero attached hydrogens (tertiary/aromatic N) is 1. The van der Waals surface area contributed by atoms with Gasteiger partial charge in [-0.2, -0.15) is 0 Å². The molecule has 2 amide bonds. The summed E-state index contributed by atoms with van der Waals surface area (Å²) in [4.78, 5) is 27.2. The lowest BCUT2D eigenvalue weighted by molar-refractivity contribution is -0.121. The first-order valence-corrected chi connectivity index (χ1v) is 9.88. The van der Waals surface area contributed by atoms with Crippen LogP contribution in [0.3, 0.4) is 0 Å². The maximum Gasteiger partial charge on any atom is 0.254 e. The molecule has 2 aromatic rings. The molecule has 7 heteroatoms. The Kier molecular flexibility index (Phi) is 6.64. The maximum atomic E-state index is 12.9. The molecule has 1 aliphatic rings. The number of carbonyl (C=O) groups excluding carboxylic acids is 2. The third-order valence-electron chi connectivity index (χ3n) is 5.19. The summed E-state index contributed by atoms with van der Waals surface area (Å²) in [5.74, 6) is 0.864. The first kappa shape index (κ1) is 21.0. The number of anilines is 1. The number of ether oxygens (including phenoxy) is 2. The van der Waals surface area contributed by atoms with Crippen LogP contribution < -0.4 is 14.8 Å². The summed E-state index contributed by atoms with van der Waals surface area (Å²) in [7, 11) is 3.10. The lowest BCUT2D eigenvalue weighted by Gasteiger charge is -2.31. The normalized spacial score (nSPS) is 14.4. The molecule has 1 fully saturated rings. The molecule has 0 radical (unpaired) electrons. The molecule has 0 aliphatic carbocycles. The van der Waals surface area contributed by atoms with E-state index >= 15 is 0 Å². The summed E-state index contributed by atoms with van der Waals surface area (Å²) in [5.41, 5.74) is 2.16. The Bertz CT molecular complexity index is 885. The average Bonchev–Trinajstić information content (AvgIpc) is 2.75. The van der Waals surface area contributed by atoms with E-state index in [1.54, 1.807) is 43.4 Å². The van der Waals surface area contributed by atoms with E-state index in [9.17, 15) is 9.59 Å². The van der Waals surface area contributed by atoms with Crippen molar-refractivity contribution >= 4 is 29.1 Å². The quantitative estimate of drug-likeness (QED) is 0.794. The molecule has 3 rings (SSSR count). The monoisotopic (exact) mass is 416 g/mol. The number of rotatable bonds is 5. The van der Waals surface area contributed by atoms with Gasteiger partial charge >= 0.3 is 0 Å². The molecule has 0 spiro atoms. The molecule has 1 aliphatic heterocycles. The van der Waals surface area contributed by atoms with Gasteiger partial charge in [0.15, 0.2) is 0 Å². The zero-order valence-electron chi connectivity index (χ0n) is 16.8. The Morgan fingerprint density at radius 3 is 2.21 bits per heavy atom. The maximum absolute atomic E-state index is 12.9. The van der Waals surface area contributed by atoms with Gasteiger partial charge in [0, 0.05) is 41.3 Å². The molecule has 0 unspecified atom stereocenters. The van der Waals surface area contributed by atoms with Gasteiger partial charge in [0.05, 0.1) is 14.2 Å². The third kappa shape index (κ3) is 5.01. The number of amides is 2. The number of benzene rings is 2. The van der Waals surface area contributed by atoms with Crippen LogP contribution in [0.1, 0.15) is 28.8 Å². The molecule has 6 nitrogen and oxygen atoms in total. The zero-order chi connectivity index (χ0) is 21.0. The molecular weight excluding hydrogens is 392 g/mol. The van der Waals surface area contributed by atoms with Gasteiger partial charge in [-0.05, 0) is 49.6 Å². The predicted octanol–water partition coefficient (Wildman–Crippen LogP) is 4.16. The highest BCUT2D eigenvalue weighted by Gasteiger charge is 2.28. The Labute approximate surface area is 175 Å². The molecular formula is C22H25ClN2O4. The van der Waals surface area contributed by atoms with Crippen molar-refractivity contribution in [3.05, 3.63) is 52.5 Å². The number of likely N-dealkylation sites (tertiary alicyclic amines) is 1. The van der Waals surface area contributed by atoms with Gasteiger partial charge < -0.3 is 19.7 Å². The van der Waals surface area contributed by atoms with E-state index in [2.05, 4.69) is 5.32 Å². The molecule has 154 valence electrons. The summed E-state index contributed by atoms with van der Waals surface area (Å²) in [6.45, 7) is 2.95. The summed E-state index contributed by atoms with van der Waals surface area (Å²) in [5, 5.41) is 3.55. The van der Waals surface area contributed by atoms with Crippen molar-refractivity contribution < 1.29 is 19.1 Å². The number of hydrogen-bond donors (Lipinski definition) is 1. The third-order valence-corrected chi connectivity index (χ3v) is 5.60. The van der Waals surface area contributed by atoms with E-state index in [1.165, 1.54) is 0 Å². The number of piperidine rings is 1. The van der Waals surface area contributed by atoms with Crippen molar-refractivity contribution in [3.8, 4) is 11.5 Å². The largest absolute Gasteiger partial charge is 0.497 e. The average molecular weight is 417 g/mol. The highest BCUT2D eigenvalue weighted by molar-refractivity contribution is 6.31. The lowest BCUT2D eigenvalue weighted by atomic mass is 9.95. The number of hydrogen-bond acceptors (Lipinski definition) is 4. The van der Waals surface area contributed by atoms with Crippen LogP contribution in [0.2, 0.25) is 5.02 Å². The Morgan fingerprint density at radius 1 is 1.03 bits per heavy atom.